The summed E-state index contributed by atoms with van der Waals surface area (Å²) >= 11 is 0. The molecule has 0 radical (unpaired) electrons. The van der Waals surface area contributed by atoms with Crippen molar-refractivity contribution in [3.63, 3.8) is 0 Å². The Kier molecular flexibility index (Phi) is 2.40. The van der Waals surface area contributed by atoms with Crippen molar-refractivity contribution in [2.75, 3.05) is 19.0 Å². The average Bonchev–Trinajstić information content (AvgIpc) is 2.57. The van der Waals surface area contributed by atoms with Crippen molar-refractivity contribution in [3.05, 3.63) is 6.33 Å². The summed E-state index contributed by atoms with van der Waals surface area (Å²) < 4.78 is 7.18. The van der Waals surface area contributed by atoms with Gasteiger partial charge in [-0.15, -0.1) is 0 Å². The van der Waals surface area contributed by atoms with Gasteiger partial charge >= 0.3 is 0 Å². The third-order valence-electron chi connectivity index (χ3n) is 2.13. The Morgan fingerprint density at radius 3 is 2.93 bits per heavy atom. The van der Waals surface area contributed by atoms with Gasteiger partial charge in [-0.2, -0.15) is 4.98 Å². The molecule has 0 unspecified atom stereocenters. The van der Waals surface area contributed by atoms with Gasteiger partial charge in [-0.1, -0.05) is 0 Å². The molecule has 15 heavy (non-hydrogen) atoms. The van der Waals surface area contributed by atoms with E-state index in [0.29, 0.717) is 18.4 Å². The zero-order chi connectivity index (χ0) is 10.8. The van der Waals surface area contributed by atoms with E-state index in [0.717, 1.165) is 11.2 Å². The first kappa shape index (κ1) is 9.70. The molecule has 0 aliphatic heterocycles. The van der Waals surface area contributed by atoms with Crippen molar-refractivity contribution >= 4 is 17.0 Å². The molecule has 0 spiro atoms. The Balaban J connectivity index is 2.64. The van der Waals surface area contributed by atoms with Crippen LogP contribution in [0.15, 0.2) is 6.33 Å². The molecule has 0 saturated carbocycles. The lowest BCUT2D eigenvalue weighted by Gasteiger charge is -2.00. The molecule has 2 aromatic heterocycles. The van der Waals surface area contributed by atoms with Crippen molar-refractivity contribution in [1.29, 1.82) is 0 Å². The highest BCUT2D eigenvalue weighted by Gasteiger charge is 2.12. The van der Waals surface area contributed by atoms with Crippen LogP contribution in [-0.2, 0) is 7.05 Å². The van der Waals surface area contributed by atoms with E-state index in [1.54, 1.807) is 11.6 Å². The number of rotatable bonds is 3. The van der Waals surface area contributed by atoms with E-state index in [9.17, 15) is 0 Å². The monoisotopic (exact) mass is 207 g/mol. The number of ether oxygens (including phenoxy) is 1. The summed E-state index contributed by atoms with van der Waals surface area (Å²) in [7, 11) is 3.67. The second kappa shape index (κ2) is 3.72. The first-order valence-corrected chi connectivity index (χ1v) is 4.76. The van der Waals surface area contributed by atoms with Gasteiger partial charge in [-0.3, -0.25) is 4.57 Å². The largest absolute Gasteiger partial charge is 0.465 e. The number of aromatic nitrogens is 4. The Morgan fingerprint density at radius 1 is 1.47 bits per heavy atom. The molecule has 2 heterocycles. The fourth-order valence-electron chi connectivity index (χ4n) is 1.42. The summed E-state index contributed by atoms with van der Waals surface area (Å²) in [5.74, 6) is 0.710. The molecule has 0 bridgehead atoms. The zero-order valence-corrected chi connectivity index (χ0v) is 8.98. The fraction of sp³-hybridized carbons (Fsp3) is 0.444. The summed E-state index contributed by atoms with van der Waals surface area (Å²) in [5.41, 5.74) is 1.49. The Morgan fingerprint density at radius 2 is 2.27 bits per heavy atom. The summed E-state index contributed by atoms with van der Waals surface area (Å²) in [6.07, 6.45) is 1.51. The third-order valence-corrected chi connectivity index (χ3v) is 2.13. The molecule has 1 N–H and O–H groups in total. The normalized spacial score (nSPS) is 10.6. The van der Waals surface area contributed by atoms with Crippen molar-refractivity contribution in [2.24, 2.45) is 7.05 Å². The predicted molar refractivity (Wildman–Crippen MR) is 57.0 cm³/mol. The summed E-state index contributed by atoms with van der Waals surface area (Å²) in [6, 6.07) is 0.560. The maximum Gasteiger partial charge on any atom is 0.298 e. The molecule has 0 fully saturated rings. The number of imidazole rings is 1. The van der Waals surface area contributed by atoms with Crippen LogP contribution in [0, 0.1) is 0 Å². The highest BCUT2D eigenvalue weighted by Crippen LogP contribution is 2.22. The molecule has 0 saturated heterocycles. The van der Waals surface area contributed by atoms with E-state index in [1.165, 1.54) is 6.33 Å². The van der Waals surface area contributed by atoms with Crippen LogP contribution >= 0.6 is 0 Å². The van der Waals surface area contributed by atoms with Crippen LogP contribution in [0.5, 0.6) is 6.01 Å². The standard InChI is InChI=1S/C9H13N5O/c1-4-15-9-13-6-7(10-2)11-5-12-8(6)14(9)3/h5H,4H2,1-3H3,(H,10,11,12). The van der Waals surface area contributed by atoms with E-state index < -0.39 is 0 Å². The molecule has 0 aromatic carbocycles. The Hall–Kier alpha value is -1.85. The third kappa shape index (κ3) is 1.47. The lowest BCUT2D eigenvalue weighted by atomic mass is 10.5. The number of hydrogen-bond donors (Lipinski definition) is 1. The van der Waals surface area contributed by atoms with Crippen molar-refractivity contribution in [2.45, 2.75) is 6.92 Å². The minimum Gasteiger partial charge on any atom is -0.465 e. The molecule has 6 nitrogen and oxygen atoms in total. The van der Waals surface area contributed by atoms with Crippen LogP contribution in [0.25, 0.3) is 11.2 Å². The van der Waals surface area contributed by atoms with Crippen molar-refractivity contribution in [3.8, 4) is 6.01 Å². The van der Waals surface area contributed by atoms with Gasteiger partial charge in [0.15, 0.2) is 17.0 Å². The van der Waals surface area contributed by atoms with Crippen LogP contribution in [0.4, 0.5) is 5.82 Å². The summed E-state index contributed by atoms with van der Waals surface area (Å²) in [4.78, 5) is 12.6. The molecule has 0 aliphatic rings. The van der Waals surface area contributed by atoms with Gasteiger partial charge in [0.1, 0.15) is 6.33 Å². The number of aryl methyl sites for hydroxylation is 1. The van der Waals surface area contributed by atoms with Gasteiger partial charge in [-0.25, -0.2) is 9.97 Å². The second-order valence-corrected chi connectivity index (χ2v) is 3.03. The molecule has 2 rings (SSSR count). The smallest absolute Gasteiger partial charge is 0.298 e. The second-order valence-electron chi connectivity index (χ2n) is 3.03. The van der Waals surface area contributed by atoms with Crippen molar-refractivity contribution in [1.82, 2.24) is 19.5 Å². The van der Waals surface area contributed by atoms with Gasteiger partial charge in [0, 0.05) is 14.1 Å². The van der Waals surface area contributed by atoms with Crippen LogP contribution in [0.3, 0.4) is 0 Å². The van der Waals surface area contributed by atoms with Crippen LogP contribution in [-0.4, -0.2) is 33.2 Å². The first-order chi connectivity index (χ1) is 7.27. The molecule has 80 valence electrons. The first-order valence-electron chi connectivity index (χ1n) is 4.76. The number of nitrogens with zero attached hydrogens (tertiary/aromatic N) is 4. The maximum atomic E-state index is 5.38. The lowest BCUT2D eigenvalue weighted by Crippen LogP contribution is -1.99. The number of hydrogen-bond acceptors (Lipinski definition) is 5. The van der Waals surface area contributed by atoms with Gasteiger partial charge < -0.3 is 10.1 Å². The molecular formula is C9H13N5O. The number of fused-ring (bicyclic) bond motifs is 1. The van der Waals surface area contributed by atoms with Crippen LogP contribution in [0.2, 0.25) is 0 Å². The summed E-state index contributed by atoms with van der Waals surface area (Å²) in [6.45, 7) is 2.50. The minimum atomic E-state index is 0.560. The number of anilines is 1. The lowest BCUT2D eigenvalue weighted by molar-refractivity contribution is 0.304. The molecule has 0 atom stereocenters. The van der Waals surface area contributed by atoms with E-state index in [1.807, 2.05) is 14.0 Å². The molecule has 0 aliphatic carbocycles. The maximum absolute atomic E-state index is 5.38. The van der Waals surface area contributed by atoms with Crippen molar-refractivity contribution < 1.29 is 4.74 Å². The van der Waals surface area contributed by atoms with E-state index in [4.69, 9.17) is 4.74 Å². The molecule has 0 amide bonds. The molecular weight excluding hydrogens is 194 g/mol. The van der Waals surface area contributed by atoms with E-state index >= 15 is 0 Å². The average molecular weight is 207 g/mol. The van der Waals surface area contributed by atoms with E-state index in [-0.39, 0.29) is 0 Å². The predicted octanol–water partition coefficient (Wildman–Crippen LogP) is 0.804. The van der Waals surface area contributed by atoms with Gasteiger partial charge in [0.05, 0.1) is 6.61 Å². The zero-order valence-electron chi connectivity index (χ0n) is 8.98. The van der Waals surface area contributed by atoms with Crippen LogP contribution in [0.1, 0.15) is 6.92 Å². The number of nitrogens with one attached hydrogen (secondary N) is 1. The Labute approximate surface area is 87.3 Å². The Bertz CT molecular complexity index is 479. The van der Waals surface area contributed by atoms with Gasteiger partial charge in [0.2, 0.25) is 0 Å². The van der Waals surface area contributed by atoms with Crippen LogP contribution < -0.4 is 10.1 Å². The van der Waals surface area contributed by atoms with Gasteiger partial charge in [0.25, 0.3) is 6.01 Å². The van der Waals surface area contributed by atoms with Gasteiger partial charge in [-0.05, 0) is 6.92 Å². The summed E-state index contributed by atoms with van der Waals surface area (Å²) in [5, 5.41) is 2.97. The highest BCUT2D eigenvalue weighted by molar-refractivity contribution is 5.83. The molecule has 6 heteroatoms. The minimum absolute atomic E-state index is 0.560. The SMILES string of the molecule is CCOc1nc2c(NC)ncnc2n1C. The highest BCUT2D eigenvalue weighted by atomic mass is 16.5. The van der Waals surface area contributed by atoms with E-state index in [2.05, 4.69) is 20.3 Å². The molecule has 2 aromatic rings. The fourth-order valence-corrected chi connectivity index (χ4v) is 1.42. The quantitative estimate of drug-likeness (QED) is 0.806. The topological polar surface area (TPSA) is 64.9 Å².